The fourth-order valence-corrected chi connectivity index (χ4v) is 3.53. The fraction of sp³-hybridized carbons (Fsp3) is 0.500. The Morgan fingerprint density at radius 3 is 2.82 bits per heavy atom. The van der Waals surface area contributed by atoms with Crippen molar-refractivity contribution in [1.29, 1.82) is 0 Å². The van der Waals surface area contributed by atoms with E-state index in [2.05, 4.69) is 45.3 Å². The first-order valence-electron chi connectivity index (χ1n) is 10.2. The molecule has 0 aliphatic carbocycles. The molecule has 0 bridgehead atoms. The van der Waals surface area contributed by atoms with Crippen LogP contribution >= 0.6 is 0 Å². The summed E-state index contributed by atoms with van der Waals surface area (Å²) < 4.78 is 5.30. The highest BCUT2D eigenvalue weighted by Gasteiger charge is 2.25. The summed E-state index contributed by atoms with van der Waals surface area (Å²) in [6, 6.07) is 10.4. The van der Waals surface area contributed by atoms with E-state index in [-0.39, 0.29) is 11.8 Å². The van der Waals surface area contributed by atoms with Gasteiger partial charge in [-0.15, -0.1) is 0 Å². The molecule has 1 amide bonds. The molecular weight excluding hydrogens is 352 g/mol. The summed E-state index contributed by atoms with van der Waals surface area (Å²) in [6.45, 7) is 7.84. The van der Waals surface area contributed by atoms with E-state index in [1.54, 1.807) is 6.33 Å². The highest BCUT2D eigenvalue weighted by atomic mass is 16.5. The second-order valence-electron chi connectivity index (χ2n) is 7.23. The molecule has 150 valence electrons. The zero-order valence-electron chi connectivity index (χ0n) is 16.9. The van der Waals surface area contributed by atoms with Crippen molar-refractivity contribution in [1.82, 2.24) is 15.3 Å². The van der Waals surface area contributed by atoms with Gasteiger partial charge < -0.3 is 15.0 Å². The summed E-state index contributed by atoms with van der Waals surface area (Å²) in [6.07, 6.45) is 4.19. The van der Waals surface area contributed by atoms with Crippen LogP contribution in [-0.2, 0) is 9.53 Å². The molecule has 1 aliphatic rings. The van der Waals surface area contributed by atoms with Gasteiger partial charge in [0.05, 0.1) is 5.69 Å². The highest BCUT2D eigenvalue weighted by Crippen LogP contribution is 2.25. The van der Waals surface area contributed by atoms with Gasteiger partial charge in [-0.05, 0) is 39.2 Å². The molecule has 6 heteroatoms. The minimum absolute atomic E-state index is 0.0847. The maximum atomic E-state index is 12.3. The monoisotopic (exact) mass is 382 g/mol. The lowest BCUT2D eigenvalue weighted by atomic mass is 9.96. The first kappa shape index (κ1) is 20.3. The fourth-order valence-electron chi connectivity index (χ4n) is 3.53. The number of ether oxygens (including phenoxy) is 1. The van der Waals surface area contributed by atoms with Crippen LogP contribution < -0.4 is 10.2 Å². The highest BCUT2D eigenvalue weighted by molar-refractivity contribution is 5.79. The van der Waals surface area contributed by atoms with E-state index >= 15 is 0 Å². The molecule has 2 aromatic rings. The van der Waals surface area contributed by atoms with Crippen LogP contribution in [0.25, 0.3) is 11.3 Å². The van der Waals surface area contributed by atoms with Gasteiger partial charge in [0, 0.05) is 50.4 Å². The third-order valence-electron chi connectivity index (χ3n) is 5.13. The molecule has 1 saturated heterocycles. The van der Waals surface area contributed by atoms with Gasteiger partial charge in [-0.2, -0.15) is 0 Å². The third-order valence-corrected chi connectivity index (χ3v) is 5.13. The van der Waals surface area contributed by atoms with E-state index < -0.39 is 0 Å². The number of anilines is 1. The summed E-state index contributed by atoms with van der Waals surface area (Å²) in [5.74, 6) is 1.18. The lowest BCUT2D eigenvalue weighted by Gasteiger charge is -2.32. The SMILES string of the molecule is CCOCCCNC(=O)C1CCN(c2cc(-c3cccc(C)c3)ncn2)CC1. The molecular formula is C22H30N4O2. The first-order valence-corrected chi connectivity index (χ1v) is 10.2. The van der Waals surface area contributed by atoms with E-state index in [0.717, 1.165) is 56.0 Å². The van der Waals surface area contributed by atoms with E-state index in [1.807, 2.05) is 19.1 Å². The standard InChI is InChI=1S/C22H30N4O2/c1-3-28-13-5-10-23-22(27)18-8-11-26(12-9-18)21-15-20(24-16-25-21)19-7-4-6-17(2)14-19/h4,6-7,14-16,18H,3,5,8-13H2,1-2H3,(H,23,27). The Bertz CT molecular complexity index is 773. The van der Waals surface area contributed by atoms with Crippen molar-refractivity contribution in [3.8, 4) is 11.3 Å². The molecule has 1 fully saturated rings. The van der Waals surface area contributed by atoms with Crippen molar-refractivity contribution in [3.05, 3.63) is 42.2 Å². The molecule has 2 heterocycles. The van der Waals surface area contributed by atoms with Crippen LogP contribution in [0, 0.1) is 12.8 Å². The lowest BCUT2D eigenvalue weighted by Crippen LogP contribution is -2.41. The number of carbonyl (C=O) groups excluding carboxylic acids is 1. The van der Waals surface area contributed by atoms with Gasteiger partial charge in [0.15, 0.2) is 0 Å². The summed E-state index contributed by atoms with van der Waals surface area (Å²) in [4.78, 5) is 23.5. The van der Waals surface area contributed by atoms with Gasteiger partial charge in [0.1, 0.15) is 12.1 Å². The van der Waals surface area contributed by atoms with E-state index in [1.165, 1.54) is 5.56 Å². The number of hydrogen-bond acceptors (Lipinski definition) is 5. The summed E-state index contributed by atoms with van der Waals surface area (Å²) >= 11 is 0. The van der Waals surface area contributed by atoms with E-state index in [9.17, 15) is 4.79 Å². The number of carbonyl (C=O) groups is 1. The Kier molecular flexibility index (Phi) is 7.37. The molecule has 1 N–H and O–H groups in total. The largest absolute Gasteiger partial charge is 0.382 e. The molecule has 6 nitrogen and oxygen atoms in total. The number of benzene rings is 1. The van der Waals surface area contributed by atoms with Crippen molar-refractivity contribution in [2.75, 3.05) is 37.7 Å². The average molecular weight is 383 g/mol. The molecule has 3 rings (SSSR count). The Morgan fingerprint density at radius 2 is 2.07 bits per heavy atom. The lowest BCUT2D eigenvalue weighted by molar-refractivity contribution is -0.125. The Morgan fingerprint density at radius 1 is 1.25 bits per heavy atom. The van der Waals surface area contributed by atoms with Gasteiger partial charge in [-0.3, -0.25) is 4.79 Å². The van der Waals surface area contributed by atoms with Crippen molar-refractivity contribution in [2.24, 2.45) is 5.92 Å². The van der Waals surface area contributed by atoms with E-state index in [0.29, 0.717) is 13.2 Å². The Hall–Kier alpha value is -2.47. The molecule has 1 aliphatic heterocycles. The normalized spacial score (nSPS) is 14.9. The summed E-state index contributed by atoms with van der Waals surface area (Å²) in [5, 5.41) is 3.04. The van der Waals surface area contributed by atoms with Crippen LogP contribution in [0.5, 0.6) is 0 Å². The Labute approximate surface area is 167 Å². The molecule has 0 saturated carbocycles. The number of aryl methyl sites for hydroxylation is 1. The quantitative estimate of drug-likeness (QED) is 0.710. The van der Waals surface area contributed by atoms with E-state index in [4.69, 9.17) is 4.74 Å². The second kappa shape index (κ2) is 10.2. The molecule has 28 heavy (non-hydrogen) atoms. The number of amides is 1. The Balaban J connectivity index is 1.52. The summed E-state index contributed by atoms with van der Waals surface area (Å²) in [5.41, 5.74) is 3.25. The van der Waals surface area contributed by atoms with Crippen LogP contribution in [0.15, 0.2) is 36.7 Å². The van der Waals surface area contributed by atoms with Crippen LogP contribution in [0.4, 0.5) is 5.82 Å². The van der Waals surface area contributed by atoms with Gasteiger partial charge in [-0.25, -0.2) is 9.97 Å². The second-order valence-corrected chi connectivity index (χ2v) is 7.23. The predicted octanol–water partition coefficient (Wildman–Crippen LogP) is 3.21. The minimum atomic E-state index is 0.0847. The zero-order chi connectivity index (χ0) is 19.8. The van der Waals surface area contributed by atoms with Crippen molar-refractivity contribution < 1.29 is 9.53 Å². The first-order chi connectivity index (χ1) is 13.7. The van der Waals surface area contributed by atoms with Gasteiger partial charge >= 0.3 is 0 Å². The van der Waals surface area contributed by atoms with Crippen molar-refractivity contribution in [3.63, 3.8) is 0 Å². The number of piperidine rings is 1. The number of rotatable bonds is 8. The van der Waals surface area contributed by atoms with Gasteiger partial charge in [0.2, 0.25) is 5.91 Å². The zero-order valence-corrected chi connectivity index (χ0v) is 16.9. The maximum absolute atomic E-state index is 12.3. The van der Waals surface area contributed by atoms with Gasteiger partial charge in [-0.1, -0.05) is 23.8 Å². The maximum Gasteiger partial charge on any atom is 0.223 e. The van der Waals surface area contributed by atoms with Crippen LogP contribution in [0.1, 0.15) is 31.7 Å². The van der Waals surface area contributed by atoms with Crippen molar-refractivity contribution in [2.45, 2.75) is 33.1 Å². The van der Waals surface area contributed by atoms with Gasteiger partial charge in [0.25, 0.3) is 0 Å². The number of nitrogens with zero attached hydrogens (tertiary/aromatic N) is 3. The molecule has 0 atom stereocenters. The molecule has 1 aromatic carbocycles. The van der Waals surface area contributed by atoms with Crippen LogP contribution in [0.3, 0.4) is 0 Å². The third kappa shape index (κ3) is 5.52. The molecule has 0 unspecified atom stereocenters. The number of aromatic nitrogens is 2. The average Bonchev–Trinajstić information content (AvgIpc) is 2.74. The topological polar surface area (TPSA) is 67.3 Å². The smallest absolute Gasteiger partial charge is 0.223 e. The number of hydrogen-bond donors (Lipinski definition) is 1. The predicted molar refractivity (Wildman–Crippen MR) is 111 cm³/mol. The minimum Gasteiger partial charge on any atom is -0.382 e. The molecule has 0 radical (unpaired) electrons. The van der Waals surface area contributed by atoms with Crippen LogP contribution in [-0.4, -0.2) is 48.7 Å². The molecule has 0 spiro atoms. The molecule has 1 aromatic heterocycles. The summed E-state index contributed by atoms with van der Waals surface area (Å²) in [7, 11) is 0. The number of nitrogens with one attached hydrogen (secondary N) is 1. The van der Waals surface area contributed by atoms with Crippen LogP contribution in [0.2, 0.25) is 0 Å². The van der Waals surface area contributed by atoms with Crippen molar-refractivity contribution >= 4 is 11.7 Å².